The van der Waals surface area contributed by atoms with Gasteiger partial charge < -0.3 is 4.74 Å². The average molecular weight is 391 g/mol. The van der Waals surface area contributed by atoms with Gasteiger partial charge >= 0.3 is 5.97 Å². The number of ketones is 1. The number of carbonyl (C=O) groups is 2. The van der Waals surface area contributed by atoms with E-state index in [-0.39, 0.29) is 11.4 Å². The molecule has 4 unspecified atom stereocenters. The third-order valence-corrected chi connectivity index (χ3v) is 7.36. The first-order valence-corrected chi connectivity index (χ1v) is 9.73. The van der Waals surface area contributed by atoms with Crippen molar-refractivity contribution >= 4 is 27.7 Å². The fourth-order valence-electron chi connectivity index (χ4n) is 5.58. The van der Waals surface area contributed by atoms with E-state index in [4.69, 9.17) is 4.74 Å². The molecule has 1 aromatic rings. The molecule has 0 radical (unpaired) electrons. The summed E-state index contributed by atoms with van der Waals surface area (Å²) in [5.74, 6) is 2.53. The molecule has 4 atom stereocenters. The molecule has 4 heteroatoms. The quantitative estimate of drug-likeness (QED) is 0.510. The van der Waals surface area contributed by atoms with Crippen molar-refractivity contribution in [1.29, 1.82) is 0 Å². The Morgan fingerprint density at radius 2 is 2.04 bits per heavy atom. The van der Waals surface area contributed by atoms with E-state index in [0.29, 0.717) is 29.3 Å². The molecule has 0 N–H and O–H groups in total. The second-order valence-electron chi connectivity index (χ2n) is 7.91. The van der Waals surface area contributed by atoms with Crippen molar-refractivity contribution < 1.29 is 14.3 Å². The van der Waals surface area contributed by atoms with E-state index in [1.807, 2.05) is 6.07 Å². The summed E-state index contributed by atoms with van der Waals surface area (Å²) in [6.45, 7) is 3.64. The molecular formula is C20H23BrO3. The summed E-state index contributed by atoms with van der Waals surface area (Å²) in [6.07, 6.45) is 6.10. The molecule has 3 aliphatic carbocycles. The average Bonchev–Trinajstić information content (AvgIpc) is 2.83. The number of hydrogen-bond donors (Lipinski definition) is 0. The molecule has 0 aliphatic heterocycles. The zero-order valence-electron chi connectivity index (χ0n) is 14.2. The smallest absolute Gasteiger partial charge is 0.308 e. The van der Waals surface area contributed by atoms with Gasteiger partial charge in [-0.2, -0.15) is 0 Å². The van der Waals surface area contributed by atoms with Crippen molar-refractivity contribution in [2.75, 3.05) is 0 Å². The van der Waals surface area contributed by atoms with Gasteiger partial charge in [-0.15, -0.1) is 0 Å². The third-order valence-electron chi connectivity index (χ3n) is 6.74. The Balaban J connectivity index is 1.69. The predicted octanol–water partition coefficient (Wildman–Crippen LogP) is 4.80. The molecule has 0 spiro atoms. The van der Waals surface area contributed by atoms with E-state index in [1.165, 1.54) is 18.1 Å². The van der Waals surface area contributed by atoms with Crippen LogP contribution in [0.15, 0.2) is 16.6 Å². The van der Waals surface area contributed by atoms with Crippen LogP contribution < -0.4 is 4.74 Å². The minimum atomic E-state index is -0.290. The van der Waals surface area contributed by atoms with E-state index in [1.54, 1.807) is 0 Å². The number of rotatable bonds is 1. The normalized spacial score (nSPS) is 34.3. The molecule has 2 fully saturated rings. The largest absolute Gasteiger partial charge is 0.426 e. The van der Waals surface area contributed by atoms with Crippen LogP contribution in [0.3, 0.4) is 0 Å². The number of ether oxygens (including phenoxy) is 1. The van der Waals surface area contributed by atoms with Crippen molar-refractivity contribution in [3.05, 3.63) is 27.7 Å². The lowest BCUT2D eigenvalue weighted by molar-refractivity contribution is -0.132. The van der Waals surface area contributed by atoms with Crippen molar-refractivity contribution in [2.45, 2.75) is 58.3 Å². The SMILES string of the molecule is CC(=O)Oc1cc2c(cc1Br)C1CCC3(C)C(=O)CCC3C1CC2. The number of hydrogen-bond acceptors (Lipinski definition) is 3. The van der Waals surface area contributed by atoms with Crippen LogP contribution in [0.1, 0.15) is 63.0 Å². The van der Waals surface area contributed by atoms with Crippen LogP contribution in [0.5, 0.6) is 5.75 Å². The highest BCUT2D eigenvalue weighted by atomic mass is 79.9. The second kappa shape index (κ2) is 5.69. The number of benzene rings is 1. The van der Waals surface area contributed by atoms with Crippen molar-refractivity contribution in [3.8, 4) is 5.75 Å². The minimum absolute atomic E-state index is 0.0758. The minimum Gasteiger partial charge on any atom is -0.426 e. The van der Waals surface area contributed by atoms with Crippen LogP contribution in [0, 0.1) is 17.3 Å². The molecule has 4 rings (SSSR count). The van der Waals surface area contributed by atoms with Crippen LogP contribution in [-0.2, 0) is 16.0 Å². The van der Waals surface area contributed by atoms with Crippen LogP contribution in [0.4, 0.5) is 0 Å². The summed E-state index contributed by atoms with van der Waals surface area (Å²) in [7, 11) is 0. The standard InChI is InChI=1S/C20H23BrO3/c1-11(22)24-18-9-12-3-4-14-13(15(12)10-17(18)21)7-8-20(2)16(14)5-6-19(20)23/h9-10,13-14,16H,3-8H2,1-2H3. The Labute approximate surface area is 151 Å². The van der Waals surface area contributed by atoms with E-state index in [2.05, 4.69) is 28.9 Å². The number of Topliss-reactive ketones (excluding diaryl/α,β-unsaturated/α-hetero) is 1. The van der Waals surface area contributed by atoms with E-state index in [0.717, 1.165) is 43.0 Å². The lowest BCUT2D eigenvalue weighted by Crippen LogP contribution is -2.42. The highest BCUT2D eigenvalue weighted by Crippen LogP contribution is 2.59. The zero-order chi connectivity index (χ0) is 17.1. The topological polar surface area (TPSA) is 43.4 Å². The monoisotopic (exact) mass is 390 g/mol. The molecule has 128 valence electrons. The van der Waals surface area contributed by atoms with Crippen LogP contribution in [0.25, 0.3) is 0 Å². The highest BCUT2D eigenvalue weighted by molar-refractivity contribution is 9.10. The van der Waals surface area contributed by atoms with Gasteiger partial charge in [0.25, 0.3) is 0 Å². The number of fused-ring (bicyclic) bond motifs is 5. The molecular weight excluding hydrogens is 368 g/mol. The zero-order valence-corrected chi connectivity index (χ0v) is 15.8. The molecule has 0 saturated heterocycles. The predicted molar refractivity (Wildman–Crippen MR) is 95.1 cm³/mol. The summed E-state index contributed by atoms with van der Waals surface area (Å²) >= 11 is 3.57. The number of esters is 1. The first-order valence-electron chi connectivity index (χ1n) is 8.94. The fraction of sp³-hybridized carbons (Fsp3) is 0.600. The van der Waals surface area contributed by atoms with Crippen molar-refractivity contribution in [3.63, 3.8) is 0 Å². The van der Waals surface area contributed by atoms with Crippen LogP contribution >= 0.6 is 15.9 Å². The van der Waals surface area contributed by atoms with Gasteiger partial charge in [-0.05, 0) is 89.0 Å². The Bertz CT molecular complexity index is 726. The van der Waals surface area contributed by atoms with E-state index >= 15 is 0 Å². The van der Waals surface area contributed by atoms with Gasteiger partial charge in [0.1, 0.15) is 11.5 Å². The molecule has 24 heavy (non-hydrogen) atoms. The Morgan fingerprint density at radius 1 is 1.25 bits per heavy atom. The van der Waals surface area contributed by atoms with Crippen molar-refractivity contribution in [2.24, 2.45) is 17.3 Å². The second-order valence-corrected chi connectivity index (χ2v) is 8.76. The van der Waals surface area contributed by atoms with E-state index in [9.17, 15) is 9.59 Å². The lowest BCUT2D eigenvalue weighted by Gasteiger charge is -2.48. The maximum Gasteiger partial charge on any atom is 0.308 e. The highest BCUT2D eigenvalue weighted by Gasteiger charge is 2.54. The summed E-state index contributed by atoms with van der Waals surface area (Å²) < 4.78 is 6.17. The van der Waals surface area contributed by atoms with Gasteiger partial charge in [0.2, 0.25) is 0 Å². The maximum absolute atomic E-state index is 12.4. The molecule has 0 aromatic heterocycles. The molecule has 0 heterocycles. The summed E-state index contributed by atoms with van der Waals surface area (Å²) in [5, 5.41) is 0. The number of halogens is 1. The van der Waals surface area contributed by atoms with Gasteiger partial charge in [0.05, 0.1) is 4.47 Å². The van der Waals surface area contributed by atoms with Gasteiger partial charge in [-0.25, -0.2) is 0 Å². The van der Waals surface area contributed by atoms with Crippen LogP contribution in [0.2, 0.25) is 0 Å². The number of carbonyl (C=O) groups excluding carboxylic acids is 2. The Hall–Kier alpha value is -1.16. The van der Waals surface area contributed by atoms with Gasteiger partial charge in [-0.1, -0.05) is 6.92 Å². The molecule has 1 aromatic carbocycles. The number of aryl methyl sites for hydroxylation is 1. The molecule has 0 amide bonds. The third kappa shape index (κ3) is 2.37. The first-order chi connectivity index (χ1) is 11.4. The Kier molecular flexibility index (Phi) is 3.87. The maximum atomic E-state index is 12.4. The van der Waals surface area contributed by atoms with Crippen LogP contribution in [-0.4, -0.2) is 11.8 Å². The first kappa shape index (κ1) is 16.3. The summed E-state index contributed by atoms with van der Waals surface area (Å²) in [5.41, 5.74) is 2.63. The summed E-state index contributed by atoms with van der Waals surface area (Å²) in [6, 6.07) is 4.19. The van der Waals surface area contributed by atoms with Gasteiger partial charge in [0.15, 0.2) is 0 Å². The van der Waals surface area contributed by atoms with E-state index < -0.39 is 0 Å². The molecule has 3 nitrogen and oxygen atoms in total. The molecule has 3 aliphatic rings. The molecule has 0 bridgehead atoms. The Morgan fingerprint density at radius 3 is 2.79 bits per heavy atom. The summed E-state index contributed by atoms with van der Waals surface area (Å²) in [4.78, 5) is 23.7. The fourth-order valence-corrected chi connectivity index (χ4v) is 6.02. The molecule has 2 saturated carbocycles. The van der Waals surface area contributed by atoms with Gasteiger partial charge in [0, 0.05) is 18.8 Å². The van der Waals surface area contributed by atoms with Gasteiger partial charge in [-0.3, -0.25) is 9.59 Å². The van der Waals surface area contributed by atoms with Crippen molar-refractivity contribution in [1.82, 2.24) is 0 Å². The lowest BCUT2D eigenvalue weighted by atomic mass is 9.55.